The van der Waals surface area contributed by atoms with E-state index in [0.717, 1.165) is 22.8 Å². The Morgan fingerprint density at radius 3 is 2.53 bits per heavy atom. The average molecular weight is 261 g/mol. The Morgan fingerprint density at radius 2 is 2.00 bits per heavy atom. The molecular weight excluding hydrogens is 242 g/mol. The van der Waals surface area contributed by atoms with E-state index in [1.54, 1.807) is 18.9 Å². The van der Waals surface area contributed by atoms with E-state index in [9.17, 15) is 0 Å². The number of aromatic nitrogens is 2. The van der Waals surface area contributed by atoms with Gasteiger partial charge in [-0.1, -0.05) is 0 Å². The summed E-state index contributed by atoms with van der Waals surface area (Å²) >= 11 is 0. The molecule has 1 heterocycles. The number of aryl methyl sites for hydroxylation is 1. The van der Waals surface area contributed by atoms with Gasteiger partial charge in [0.15, 0.2) is 0 Å². The summed E-state index contributed by atoms with van der Waals surface area (Å²) in [6.45, 7) is 0. The molecule has 1 aromatic heterocycles. The van der Waals surface area contributed by atoms with Crippen molar-refractivity contribution in [2.24, 2.45) is 7.05 Å². The minimum atomic E-state index is -0.0359. The van der Waals surface area contributed by atoms with Crippen LogP contribution in [0.4, 0.5) is 0 Å². The lowest BCUT2D eigenvalue weighted by Crippen LogP contribution is -2.19. The lowest BCUT2D eigenvalue weighted by atomic mass is 10.0. The maximum Gasteiger partial charge on any atom is 0.124 e. The lowest BCUT2D eigenvalue weighted by molar-refractivity contribution is 0.394. The van der Waals surface area contributed by atoms with E-state index in [1.165, 1.54) is 0 Å². The highest BCUT2D eigenvalue weighted by Gasteiger charge is 2.19. The highest BCUT2D eigenvalue weighted by Crippen LogP contribution is 2.32. The second kappa shape index (κ2) is 5.75. The number of nitrogens with zero attached hydrogens (tertiary/aromatic N) is 2. The van der Waals surface area contributed by atoms with Crippen molar-refractivity contribution in [3.63, 3.8) is 0 Å². The molecule has 5 nitrogen and oxygen atoms in total. The van der Waals surface area contributed by atoms with E-state index < -0.39 is 0 Å². The molecule has 0 aliphatic rings. The molecule has 0 bridgehead atoms. The van der Waals surface area contributed by atoms with Gasteiger partial charge in [-0.05, 0) is 31.3 Å². The van der Waals surface area contributed by atoms with Gasteiger partial charge in [-0.2, -0.15) is 5.10 Å². The minimum absolute atomic E-state index is 0.0359. The number of ether oxygens (including phenoxy) is 2. The summed E-state index contributed by atoms with van der Waals surface area (Å²) in [5.41, 5.74) is 1.94. The van der Waals surface area contributed by atoms with Crippen LogP contribution in [0.15, 0.2) is 30.5 Å². The van der Waals surface area contributed by atoms with Gasteiger partial charge in [-0.15, -0.1) is 0 Å². The lowest BCUT2D eigenvalue weighted by Gasteiger charge is -2.18. The third-order valence-corrected chi connectivity index (χ3v) is 3.07. The van der Waals surface area contributed by atoms with Crippen LogP contribution in [0.5, 0.6) is 11.5 Å². The third-order valence-electron chi connectivity index (χ3n) is 3.07. The number of rotatable bonds is 5. The summed E-state index contributed by atoms with van der Waals surface area (Å²) in [7, 11) is 7.12. The fourth-order valence-electron chi connectivity index (χ4n) is 2.11. The maximum absolute atomic E-state index is 5.43. The number of hydrogen-bond donors (Lipinski definition) is 1. The molecular formula is C14H19N3O2. The molecule has 1 unspecified atom stereocenters. The molecule has 0 aliphatic heterocycles. The van der Waals surface area contributed by atoms with Crippen LogP contribution in [0, 0.1) is 0 Å². The minimum Gasteiger partial charge on any atom is -0.497 e. The fraction of sp³-hybridized carbons (Fsp3) is 0.357. The molecule has 1 atom stereocenters. The van der Waals surface area contributed by atoms with Gasteiger partial charge in [0.25, 0.3) is 0 Å². The van der Waals surface area contributed by atoms with Gasteiger partial charge >= 0.3 is 0 Å². The van der Waals surface area contributed by atoms with Crippen molar-refractivity contribution in [1.82, 2.24) is 15.1 Å². The Bertz CT molecular complexity index is 551. The fourth-order valence-corrected chi connectivity index (χ4v) is 2.11. The molecule has 0 saturated carbocycles. The molecule has 19 heavy (non-hydrogen) atoms. The van der Waals surface area contributed by atoms with E-state index in [0.29, 0.717) is 0 Å². The van der Waals surface area contributed by atoms with E-state index in [2.05, 4.69) is 10.4 Å². The van der Waals surface area contributed by atoms with Crippen molar-refractivity contribution in [3.8, 4) is 11.5 Å². The topological polar surface area (TPSA) is 48.3 Å². The Hall–Kier alpha value is -2.01. The smallest absolute Gasteiger partial charge is 0.124 e. The first-order chi connectivity index (χ1) is 9.19. The van der Waals surface area contributed by atoms with Crippen molar-refractivity contribution in [2.45, 2.75) is 6.04 Å². The molecule has 102 valence electrons. The van der Waals surface area contributed by atoms with Gasteiger partial charge in [0.05, 0.1) is 26.0 Å². The zero-order chi connectivity index (χ0) is 13.8. The standard InChI is InChI=1S/C14H19N3O2/c1-15-14(12-7-8-17(2)16-12)11-9-10(18-3)5-6-13(11)19-4/h5-9,14-15H,1-4H3. The quantitative estimate of drug-likeness (QED) is 0.890. The Kier molecular flexibility index (Phi) is 4.06. The summed E-state index contributed by atoms with van der Waals surface area (Å²) in [6, 6.07) is 7.70. The summed E-state index contributed by atoms with van der Waals surface area (Å²) in [5, 5.41) is 7.71. The summed E-state index contributed by atoms with van der Waals surface area (Å²) in [6.07, 6.45) is 1.92. The van der Waals surface area contributed by atoms with Gasteiger partial charge in [0.1, 0.15) is 11.5 Å². The first-order valence-corrected chi connectivity index (χ1v) is 6.08. The zero-order valence-electron chi connectivity index (χ0n) is 11.7. The van der Waals surface area contributed by atoms with Crippen LogP contribution in [0.1, 0.15) is 17.3 Å². The van der Waals surface area contributed by atoms with E-state index in [4.69, 9.17) is 9.47 Å². The van der Waals surface area contributed by atoms with Crippen molar-refractivity contribution in [2.75, 3.05) is 21.3 Å². The zero-order valence-corrected chi connectivity index (χ0v) is 11.7. The second-order valence-corrected chi connectivity index (χ2v) is 4.24. The molecule has 0 amide bonds. The monoisotopic (exact) mass is 261 g/mol. The molecule has 0 saturated heterocycles. The van der Waals surface area contributed by atoms with Crippen LogP contribution >= 0.6 is 0 Å². The Morgan fingerprint density at radius 1 is 1.21 bits per heavy atom. The number of methoxy groups -OCH3 is 2. The summed E-state index contributed by atoms with van der Waals surface area (Å²) in [5.74, 6) is 1.61. The maximum atomic E-state index is 5.43. The van der Waals surface area contributed by atoms with Gasteiger partial charge < -0.3 is 14.8 Å². The van der Waals surface area contributed by atoms with E-state index in [-0.39, 0.29) is 6.04 Å². The number of nitrogens with one attached hydrogen (secondary N) is 1. The molecule has 0 spiro atoms. The average Bonchev–Trinajstić information content (AvgIpc) is 2.86. The normalized spacial score (nSPS) is 12.2. The largest absolute Gasteiger partial charge is 0.497 e. The molecule has 2 rings (SSSR count). The summed E-state index contributed by atoms with van der Waals surface area (Å²) in [4.78, 5) is 0. The second-order valence-electron chi connectivity index (χ2n) is 4.24. The Labute approximate surface area is 113 Å². The van der Waals surface area contributed by atoms with Crippen LogP contribution < -0.4 is 14.8 Å². The van der Waals surface area contributed by atoms with Crippen LogP contribution in [0.3, 0.4) is 0 Å². The third kappa shape index (κ3) is 2.71. The Balaban J connectivity index is 2.47. The van der Waals surface area contributed by atoms with Crippen LogP contribution in [-0.4, -0.2) is 31.0 Å². The molecule has 0 radical (unpaired) electrons. The highest BCUT2D eigenvalue weighted by atomic mass is 16.5. The molecule has 5 heteroatoms. The summed E-state index contributed by atoms with van der Waals surface area (Å²) < 4.78 is 12.5. The van der Waals surface area contributed by atoms with E-state index in [1.807, 2.05) is 44.6 Å². The van der Waals surface area contributed by atoms with Gasteiger partial charge in [0, 0.05) is 18.8 Å². The van der Waals surface area contributed by atoms with Crippen molar-refractivity contribution in [3.05, 3.63) is 41.7 Å². The van der Waals surface area contributed by atoms with Gasteiger partial charge in [-0.3, -0.25) is 4.68 Å². The van der Waals surface area contributed by atoms with Crippen LogP contribution in [-0.2, 0) is 7.05 Å². The molecule has 0 aliphatic carbocycles. The van der Waals surface area contributed by atoms with Gasteiger partial charge in [-0.25, -0.2) is 0 Å². The molecule has 1 N–H and O–H groups in total. The van der Waals surface area contributed by atoms with Crippen LogP contribution in [0.2, 0.25) is 0 Å². The predicted molar refractivity (Wildman–Crippen MR) is 73.7 cm³/mol. The SMILES string of the molecule is CNC(c1ccn(C)n1)c1cc(OC)ccc1OC. The highest BCUT2D eigenvalue weighted by molar-refractivity contribution is 5.44. The van der Waals surface area contributed by atoms with Crippen molar-refractivity contribution in [1.29, 1.82) is 0 Å². The first kappa shape index (κ1) is 13.4. The van der Waals surface area contributed by atoms with Gasteiger partial charge in [0.2, 0.25) is 0 Å². The van der Waals surface area contributed by atoms with Crippen LogP contribution in [0.25, 0.3) is 0 Å². The molecule has 1 aromatic carbocycles. The number of benzene rings is 1. The molecule has 0 fully saturated rings. The molecule has 2 aromatic rings. The first-order valence-electron chi connectivity index (χ1n) is 6.08. The predicted octanol–water partition coefficient (Wildman–Crippen LogP) is 1.75. The van der Waals surface area contributed by atoms with E-state index >= 15 is 0 Å². The van der Waals surface area contributed by atoms with Crippen molar-refractivity contribution >= 4 is 0 Å². The van der Waals surface area contributed by atoms with Crippen molar-refractivity contribution < 1.29 is 9.47 Å². The number of hydrogen-bond acceptors (Lipinski definition) is 4.